The van der Waals surface area contributed by atoms with Gasteiger partial charge < -0.3 is 9.80 Å². The van der Waals surface area contributed by atoms with Crippen molar-refractivity contribution in [1.29, 1.82) is 0 Å². The van der Waals surface area contributed by atoms with Crippen LogP contribution in [0.5, 0.6) is 0 Å². The predicted octanol–water partition coefficient (Wildman–Crippen LogP) is 1.13. The van der Waals surface area contributed by atoms with Gasteiger partial charge in [-0.05, 0) is 62.9 Å². The van der Waals surface area contributed by atoms with E-state index in [-0.39, 0.29) is 30.1 Å². The van der Waals surface area contributed by atoms with E-state index in [1.165, 1.54) is 0 Å². The molecule has 5 rings (SSSR count). The van der Waals surface area contributed by atoms with Crippen LogP contribution in [0.25, 0.3) is 0 Å². The zero-order chi connectivity index (χ0) is 23.7. The highest BCUT2D eigenvalue weighted by Crippen LogP contribution is 2.29. The fraction of sp³-hybridized carbons (Fsp3) is 0.538. The van der Waals surface area contributed by atoms with Gasteiger partial charge in [-0.3, -0.25) is 29.4 Å². The molecular weight excluding hydrogens is 432 g/mol. The number of likely N-dealkylation sites (tertiary alicyclic amines) is 2. The van der Waals surface area contributed by atoms with Gasteiger partial charge in [0.1, 0.15) is 6.04 Å². The Morgan fingerprint density at radius 2 is 1.79 bits per heavy atom. The van der Waals surface area contributed by atoms with Gasteiger partial charge in [-0.25, -0.2) is 0 Å². The van der Waals surface area contributed by atoms with E-state index >= 15 is 0 Å². The summed E-state index contributed by atoms with van der Waals surface area (Å²) in [4.78, 5) is 54.9. The number of hydrogen-bond acceptors (Lipinski definition) is 5. The minimum absolute atomic E-state index is 0.177. The maximum Gasteiger partial charge on any atom is 0.255 e. The molecule has 0 aliphatic carbocycles. The lowest BCUT2D eigenvalue weighted by molar-refractivity contribution is -0.137. The van der Waals surface area contributed by atoms with Crippen LogP contribution in [-0.2, 0) is 20.9 Å². The largest absolute Gasteiger partial charge is 0.342 e. The molecular formula is C26H30N4O4. The quantitative estimate of drug-likeness (QED) is 0.537. The highest BCUT2D eigenvalue weighted by atomic mass is 16.2. The van der Waals surface area contributed by atoms with Crippen LogP contribution < -0.4 is 5.32 Å². The van der Waals surface area contributed by atoms with Crippen molar-refractivity contribution < 1.29 is 19.2 Å². The first-order valence-electron chi connectivity index (χ1n) is 12.3. The van der Waals surface area contributed by atoms with Gasteiger partial charge in [-0.15, -0.1) is 0 Å². The van der Waals surface area contributed by atoms with Crippen molar-refractivity contribution in [3.8, 4) is 11.8 Å². The number of carbonyl (C=O) groups is 4. The molecule has 0 saturated carbocycles. The molecule has 0 aromatic heterocycles. The van der Waals surface area contributed by atoms with Crippen LogP contribution in [0.4, 0.5) is 0 Å². The van der Waals surface area contributed by atoms with Gasteiger partial charge in [0.2, 0.25) is 17.7 Å². The van der Waals surface area contributed by atoms with E-state index in [1.54, 1.807) is 11.0 Å². The lowest BCUT2D eigenvalue weighted by Gasteiger charge is -2.30. The Morgan fingerprint density at radius 1 is 1.03 bits per heavy atom. The second-order valence-electron chi connectivity index (χ2n) is 9.64. The zero-order valence-electron chi connectivity index (χ0n) is 19.3. The molecule has 1 aromatic rings. The summed E-state index contributed by atoms with van der Waals surface area (Å²) in [6.07, 6.45) is 4.68. The normalized spacial score (nSPS) is 23.5. The fourth-order valence-electron chi connectivity index (χ4n) is 5.38. The second kappa shape index (κ2) is 9.59. The Morgan fingerprint density at radius 3 is 2.53 bits per heavy atom. The molecule has 0 spiro atoms. The monoisotopic (exact) mass is 462 g/mol. The Labute approximate surface area is 199 Å². The molecule has 1 N–H and O–H groups in total. The lowest BCUT2D eigenvalue weighted by atomic mass is 9.96. The summed E-state index contributed by atoms with van der Waals surface area (Å²) in [5, 5.41) is 2.34. The fourth-order valence-corrected chi connectivity index (χ4v) is 5.38. The van der Waals surface area contributed by atoms with E-state index in [0.717, 1.165) is 63.0 Å². The standard InChI is InChI=1S/C26H30N4O4/c31-23-9-8-22(25(33)27-23)30-16-21-19(4-3-5-20(21)26(30)34)7-6-18-10-14-28(15-11-18)17-24(32)29-12-1-2-13-29/h3-5,18,22H,1-2,8-17H2,(H,27,31,33). The van der Waals surface area contributed by atoms with Gasteiger partial charge in [-0.2, -0.15) is 0 Å². The molecule has 3 fully saturated rings. The van der Waals surface area contributed by atoms with Gasteiger partial charge in [0, 0.05) is 43.1 Å². The molecule has 4 heterocycles. The van der Waals surface area contributed by atoms with E-state index in [2.05, 4.69) is 22.1 Å². The van der Waals surface area contributed by atoms with Crippen LogP contribution in [0.2, 0.25) is 0 Å². The van der Waals surface area contributed by atoms with E-state index in [0.29, 0.717) is 25.1 Å². The van der Waals surface area contributed by atoms with Crippen LogP contribution >= 0.6 is 0 Å². The number of carbonyl (C=O) groups excluding carboxylic acids is 4. The number of piperidine rings is 2. The lowest BCUT2D eigenvalue weighted by Crippen LogP contribution is -2.52. The number of hydrogen-bond donors (Lipinski definition) is 1. The molecule has 1 unspecified atom stereocenters. The van der Waals surface area contributed by atoms with E-state index in [1.807, 2.05) is 17.0 Å². The Hall–Kier alpha value is -3.18. The minimum Gasteiger partial charge on any atom is -0.342 e. The molecule has 178 valence electrons. The molecule has 8 heteroatoms. The number of nitrogens with zero attached hydrogens (tertiary/aromatic N) is 3. The van der Waals surface area contributed by atoms with Crippen LogP contribution in [0.3, 0.4) is 0 Å². The summed E-state index contributed by atoms with van der Waals surface area (Å²) in [6, 6.07) is 4.93. The highest BCUT2D eigenvalue weighted by Gasteiger charge is 2.39. The number of nitrogens with one attached hydrogen (secondary N) is 1. The third-order valence-electron chi connectivity index (χ3n) is 7.40. The molecule has 0 bridgehead atoms. The van der Waals surface area contributed by atoms with Crippen molar-refractivity contribution in [2.45, 2.75) is 51.1 Å². The first-order valence-corrected chi connectivity index (χ1v) is 12.3. The Kier molecular flexibility index (Phi) is 6.38. The Bertz CT molecular complexity index is 1070. The Balaban J connectivity index is 1.21. The van der Waals surface area contributed by atoms with Crippen LogP contribution in [0.15, 0.2) is 18.2 Å². The summed E-state index contributed by atoms with van der Waals surface area (Å²) in [5.74, 6) is 6.33. The van der Waals surface area contributed by atoms with E-state index < -0.39 is 11.9 Å². The maximum absolute atomic E-state index is 13.0. The van der Waals surface area contributed by atoms with E-state index in [4.69, 9.17) is 0 Å². The van der Waals surface area contributed by atoms with Crippen molar-refractivity contribution >= 4 is 23.6 Å². The number of rotatable bonds is 3. The van der Waals surface area contributed by atoms with Crippen molar-refractivity contribution in [2.24, 2.45) is 5.92 Å². The summed E-state index contributed by atoms with van der Waals surface area (Å²) in [7, 11) is 0. The van der Waals surface area contributed by atoms with Gasteiger partial charge in [-0.1, -0.05) is 17.9 Å². The molecule has 8 nitrogen and oxygen atoms in total. The van der Waals surface area contributed by atoms with Gasteiger partial charge in [0.15, 0.2) is 0 Å². The third kappa shape index (κ3) is 4.58. The first-order chi connectivity index (χ1) is 16.5. The van der Waals surface area contributed by atoms with Crippen molar-refractivity contribution in [2.75, 3.05) is 32.7 Å². The van der Waals surface area contributed by atoms with E-state index in [9.17, 15) is 19.2 Å². The maximum atomic E-state index is 13.0. The van der Waals surface area contributed by atoms with Crippen molar-refractivity contribution in [3.63, 3.8) is 0 Å². The number of imide groups is 1. The van der Waals surface area contributed by atoms with Gasteiger partial charge >= 0.3 is 0 Å². The first kappa shape index (κ1) is 22.6. The summed E-state index contributed by atoms with van der Waals surface area (Å²) < 4.78 is 0. The topological polar surface area (TPSA) is 90.0 Å². The van der Waals surface area contributed by atoms with Crippen LogP contribution in [-0.4, -0.2) is 77.1 Å². The van der Waals surface area contributed by atoms with Crippen molar-refractivity contribution in [3.05, 3.63) is 34.9 Å². The van der Waals surface area contributed by atoms with Crippen LogP contribution in [0, 0.1) is 17.8 Å². The van der Waals surface area contributed by atoms with Crippen molar-refractivity contribution in [1.82, 2.24) is 20.0 Å². The number of benzene rings is 1. The molecule has 4 amide bonds. The molecule has 4 aliphatic heterocycles. The molecule has 0 radical (unpaired) electrons. The molecule has 3 saturated heterocycles. The zero-order valence-corrected chi connectivity index (χ0v) is 19.3. The highest BCUT2D eigenvalue weighted by molar-refractivity contribution is 6.05. The minimum atomic E-state index is -0.619. The average Bonchev–Trinajstić information content (AvgIpc) is 3.48. The molecule has 1 aromatic carbocycles. The van der Waals surface area contributed by atoms with Gasteiger partial charge in [0.25, 0.3) is 5.91 Å². The molecule has 34 heavy (non-hydrogen) atoms. The second-order valence-corrected chi connectivity index (χ2v) is 9.64. The predicted molar refractivity (Wildman–Crippen MR) is 124 cm³/mol. The smallest absolute Gasteiger partial charge is 0.255 e. The summed E-state index contributed by atoms with van der Waals surface area (Å²) >= 11 is 0. The van der Waals surface area contributed by atoms with Crippen LogP contribution in [0.1, 0.15) is 60.0 Å². The average molecular weight is 463 g/mol. The summed E-state index contributed by atoms with van der Waals surface area (Å²) in [6.45, 7) is 4.37. The molecule has 4 aliphatic rings. The number of fused-ring (bicyclic) bond motifs is 1. The summed E-state index contributed by atoms with van der Waals surface area (Å²) in [5.41, 5.74) is 2.28. The molecule has 1 atom stereocenters. The SMILES string of the molecule is O=C1CCC(N2Cc3c(C#CC4CCN(CC(=O)N5CCCC5)CC4)cccc3C2=O)C(=O)N1. The number of amides is 4. The third-order valence-corrected chi connectivity index (χ3v) is 7.40. The van der Waals surface area contributed by atoms with Gasteiger partial charge in [0.05, 0.1) is 6.54 Å².